The second-order valence-corrected chi connectivity index (χ2v) is 6.13. The lowest BCUT2D eigenvalue weighted by molar-refractivity contribution is 0.201. The van der Waals surface area contributed by atoms with Crippen LogP contribution < -0.4 is 10.2 Å². The fraction of sp³-hybridized carbons (Fsp3) is 0.300. The maximum Gasteiger partial charge on any atom is 0.412 e. The number of hydrogen-bond acceptors (Lipinski definition) is 3. The highest BCUT2D eigenvalue weighted by Crippen LogP contribution is 2.19. The minimum Gasteiger partial charge on any atom is -0.465 e. The molecule has 1 aliphatic heterocycles. The van der Waals surface area contributed by atoms with E-state index in [1.165, 1.54) is 10.5 Å². The second-order valence-electron chi connectivity index (χ2n) is 6.13. The number of amides is 1. The number of nitrogens with one attached hydrogen (secondary N) is 1. The average Bonchev–Trinajstić information content (AvgIpc) is 3.15. The molecule has 0 unspecified atom stereocenters. The molecule has 0 aliphatic carbocycles. The predicted molar refractivity (Wildman–Crippen MR) is 100 cm³/mol. The minimum absolute atomic E-state index is 0.348. The van der Waals surface area contributed by atoms with Crippen LogP contribution in [0.3, 0.4) is 0 Å². The summed E-state index contributed by atoms with van der Waals surface area (Å²) in [7, 11) is 0. The molecule has 1 aliphatic rings. The van der Waals surface area contributed by atoms with E-state index in [1.807, 2.05) is 54.6 Å². The molecule has 5 nitrogen and oxygen atoms in total. The quantitative estimate of drug-likeness (QED) is 0.810. The van der Waals surface area contributed by atoms with Gasteiger partial charge in [-0.05, 0) is 36.1 Å². The third-order valence-corrected chi connectivity index (χ3v) is 4.28. The number of anilines is 1. The molecular weight excluding hydrogens is 314 g/mol. The number of amidine groups is 1. The highest BCUT2D eigenvalue weighted by atomic mass is 16.4. The van der Waals surface area contributed by atoms with Crippen LogP contribution in [0.1, 0.15) is 24.0 Å². The number of benzene rings is 2. The number of aliphatic imine (C=N–C) groups is 1. The fourth-order valence-electron chi connectivity index (χ4n) is 2.95. The summed E-state index contributed by atoms with van der Waals surface area (Å²) in [6.45, 7) is 2.19. The first-order valence-electron chi connectivity index (χ1n) is 8.63. The van der Waals surface area contributed by atoms with Crippen LogP contribution in [0.5, 0.6) is 0 Å². The van der Waals surface area contributed by atoms with Gasteiger partial charge in [0.05, 0.1) is 18.9 Å². The molecule has 2 aromatic carbocycles. The van der Waals surface area contributed by atoms with Crippen molar-refractivity contribution >= 4 is 17.6 Å². The van der Waals surface area contributed by atoms with Crippen molar-refractivity contribution in [1.82, 2.24) is 5.32 Å². The Morgan fingerprint density at radius 1 is 1.04 bits per heavy atom. The van der Waals surface area contributed by atoms with Crippen LogP contribution in [0, 0.1) is 0 Å². The average molecular weight is 337 g/mol. The van der Waals surface area contributed by atoms with E-state index in [2.05, 4.69) is 10.3 Å². The summed E-state index contributed by atoms with van der Waals surface area (Å²) >= 11 is 0. The van der Waals surface area contributed by atoms with E-state index in [0.29, 0.717) is 12.2 Å². The smallest absolute Gasteiger partial charge is 0.412 e. The van der Waals surface area contributed by atoms with Crippen LogP contribution in [0.2, 0.25) is 0 Å². The molecule has 5 heteroatoms. The SMILES string of the molecule is O=C(O)N(Cc1ccccc1)c1ccc(CCCC2=NCCN2)cc1. The summed E-state index contributed by atoms with van der Waals surface area (Å²) in [5.41, 5.74) is 2.88. The third-order valence-electron chi connectivity index (χ3n) is 4.28. The topological polar surface area (TPSA) is 64.9 Å². The first-order chi connectivity index (χ1) is 12.2. The molecule has 1 amide bonds. The molecule has 0 saturated heterocycles. The zero-order valence-electron chi connectivity index (χ0n) is 14.2. The van der Waals surface area contributed by atoms with Crippen molar-refractivity contribution in [2.75, 3.05) is 18.0 Å². The Balaban J connectivity index is 1.59. The van der Waals surface area contributed by atoms with Crippen molar-refractivity contribution < 1.29 is 9.90 Å². The van der Waals surface area contributed by atoms with Crippen molar-refractivity contribution in [2.45, 2.75) is 25.8 Å². The summed E-state index contributed by atoms with van der Waals surface area (Å²) in [4.78, 5) is 17.4. The summed E-state index contributed by atoms with van der Waals surface area (Å²) in [5, 5.41) is 12.8. The Morgan fingerprint density at radius 3 is 2.44 bits per heavy atom. The predicted octanol–water partition coefficient (Wildman–Crippen LogP) is 3.70. The van der Waals surface area contributed by atoms with Gasteiger partial charge in [-0.2, -0.15) is 0 Å². The van der Waals surface area contributed by atoms with Gasteiger partial charge in [0.1, 0.15) is 0 Å². The monoisotopic (exact) mass is 337 g/mol. The number of hydrogen-bond donors (Lipinski definition) is 2. The van der Waals surface area contributed by atoms with Gasteiger partial charge in [0, 0.05) is 18.7 Å². The molecule has 0 saturated carbocycles. The Bertz CT molecular complexity index is 726. The van der Waals surface area contributed by atoms with Gasteiger partial charge in [-0.25, -0.2) is 4.79 Å². The van der Waals surface area contributed by atoms with Gasteiger partial charge >= 0.3 is 6.09 Å². The molecule has 0 bridgehead atoms. The third kappa shape index (κ3) is 4.83. The molecule has 0 radical (unpaired) electrons. The summed E-state index contributed by atoms with van der Waals surface area (Å²) in [5.74, 6) is 1.11. The van der Waals surface area contributed by atoms with Crippen molar-refractivity contribution in [3.05, 3.63) is 65.7 Å². The normalized spacial score (nSPS) is 13.2. The highest BCUT2D eigenvalue weighted by Gasteiger charge is 2.14. The molecule has 0 aromatic heterocycles. The minimum atomic E-state index is -0.943. The Hall–Kier alpha value is -2.82. The highest BCUT2D eigenvalue weighted by molar-refractivity contribution is 5.86. The lowest BCUT2D eigenvalue weighted by Crippen LogP contribution is -2.28. The van der Waals surface area contributed by atoms with E-state index in [-0.39, 0.29) is 0 Å². The van der Waals surface area contributed by atoms with Crippen molar-refractivity contribution in [2.24, 2.45) is 4.99 Å². The lowest BCUT2D eigenvalue weighted by atomic mass is 10.1. The Labute approximate surface area is 148 Å². The van der Waals surface area contributed by atoms with Gasteiger partial charge in [0.25, 0.3) is 0 Å². The Morgan fingerprint density at radius 2 is 1.80 bits per heavy atom. The number of carbonyl (C=O) groups is 1. The molecule has 130 valence electrons. The number of carboxylic acid groups (broad SMARTS) is 1. The van der Waals surface area contributed by atoms with Crippen LogP contribution in [-0.4, -0.2) is 30.1 Å². The number of aryl methyl sites for hydroxylation is 1. The van der Waals surface area contributed by atoms with E-state index in [4.69, 9.17) is 0 Å². The molecule has 2 aromatic rings. The van der Waals surface area contributed by atoms with Gasteiger partial charge in [0.2, 0.25) is 0 Å². The largest absolute Gasteiger partial charge is 0.465 e. The first kappa shape index (κ1) is 17.0. The van der Waals surface area contributed by atoms with E-state index < -0.39 is 6.09 Å². The molecule has 0 atom stereocenters. The molecule has 25 heavy (non-hydrogen) atoms. The summed E-state index contributed by atoms with van der Waals surface area (Å²) in [6.07, 6.45) is 2.03. The zero-order chi connectivity index (χ0) is 17.5. The second kappa shape index (κ2) is 8.33. The van der Waals surface area contributed by atoms with Crippen LogP contribution in [0.25, 0.3) is 0 Å². The van der Waals surface area contributed by atoms with Crippen LogP contribution in [0.4, 0.5) is 10.5 Å². The lowest BCUT2D eigenvalue weighted by Gasteiger charge is -2.19. The van der Waals surface area contributed by atoms with Gasteiger partial charge in [-0.15, -0.1) is 0 Å². The van der Waals surface area contributed by atoms with Crippen LogP contribution in [0.15, 0.2) is 59.6 Å². The maximum atomic E-state index is 11.6. The number of rotatable bonds is 7. The molecule has 3 rings (SSSR count). The van der Waals surface area contributed by atoms with E-state index in [0.717, 1.165) is 43.8 Å². The van der Waals surface area contributed by atoms with Crippen molar-refractivity contribution in [1.29, 1.82) is 0 Å². The van der Waals surface area contributed by atoms with E-state index in [1.54, 1.807) is 0 Å². The van der Waals surface area contributed by atoms with Gasteiger partial charge in [-0.1, -0.05) is 42.5 Å². The molecular formula is C20H23N3O2. The Kier molecular flexibility index (Phi) is 5.67. The molecule has 2 N–H and O–H groups in total. The number of nitrogens with zero attached hydrogens (tertiary/aromatic N) is 2. The van der Waals surface area contributed by atoms with E-state index in [9.17, 15) is 9.90 Å². The summed E-state index contributed by atoms with van der Waals surface area (Å²) < 4.78 is 0. The fourth-order valence-corrected chi connectivity index (χ4v) is 2.95. The zero-order valence-corrected chi connectivity index (χ0v) is 14.2. The van der Waals surface area contributed by atoms with Crippen molar-refractivity contribution in [3.8, 4) is 0 Å². The first-order valence-corrected chi connectivity index (χ1v) is 8.63. The summed E-state index contributed by atoms with van der Waals surface area (Å²) in [6, 6.07) is 17.4. The van der Waals surface area contributed by atoms with Gasteiger partial charge in [0.15, 0.2) is 0 Å². The van der Waals surface area contributed by atoms with Crippen LogP contribution >= 0.6 is 0 Å². The molecule has 1 heterocycles. The van der Waals surface area contributed by atoms with Crippen molar-refractivity contribution in [3.63, 3.8) is 0 Å². The van der Waals surface area contributed by atoms with Gasteiger partial charge in [-0.3, -0.25) is 9.89 Å². The van der Waals surface area contributed by atoms with Crippen LogP contribution in [-0.2, 0) is 13.0 Å². The van der Waals surface area contributed by atoms with Gasteiger partial charge < -0.3 is 10.4 Å². The standard InChI is InChI=1S/C20H23N3O2/c24-20(25)23(15-17-5-2-1-3-6-17)18-11-9-16(10-12-18)7-4-8-19-21-13-14-22-19/h1-3,5-6,9-12H,4,7-8,13-15H2,(H,21,22)(H,24,25). The van der Waals surface area contributed by atoms with E-state index >= 15 is 0 Å². The molecule has 0 fully saturated rings. The molecule has 0 spiro atoms. The maximum absolute atomic E-state index is 11.6.